The molecular weight excluding hydrogens is 340 g/mol. The number of aliphatic carboxylic acids is 1. The summed E-state index contributed by atoms with van der Waals surface area (Å²) in [6, 6.07) is 3.86. The van der Waals surface area contributed by atoms with Crippen LogP contribution in [-0.2, 0) is 20.7 Å². The zero-order chi connectivity index (χ0) is 19.5. The van der Waals surface area contributed by atoms with Crippen LogP contribution in [0.4, 0.5) is 4.79 Å². The molecule has 0 aliphatic carbocycles. The number of rotatable bonds is 5. The molecule has 0 aliphatic heterocycles. The lowest BCUT2D eigenvalue weighted by Gasteiger charge is -2.22. The summed E-state index contributed by atoms with van der Waals surface area (Å²) in [5, 5.41) is 12.5. The Morgan fingerprint density at radius 3 is 2.54 bits per heavy atom. The van der Waals surface area contributed by atoms with E-state index in [2.05, 4.69) is 10.3 Å². The Labute approximate surface area is 150 Å². The lowest BCUT2D eigenvalue weighted by Crippen LogP contribution is -2.44. The van der Waals surface area contributed by atoms with Crippen molar-refractivity contribution in [3.05, 3.63) is 30.0 Å². The number of amides is 1. The fourth-order valence-electron chi connectivity index (χ4n) is 2.43. The predicted molar refractivity (Wildman–Crippen MR) is 94.1 cm³/mol. The van der Waals surface area contributed by atoms with Gasteiger partial charge in [0.25, 0.3) is 0 Å². The minimum Gasteiger partial charge on any atom is -0.480 e. The van der Waals surface area contributed by atoms with Crippen LogP contribution in [0.3, 0.4) is 0 Å². The second kappa shape index (κ2) is 7.47. The average Bonchev–Trinajstić information content (AvgIpc) is 2.86. The average molecular weight is 362 g/mol. The summed E-state index contributed by atoms with van der Waals surface area (Å²) in [7, 11) is 0. The smallest absolute Gasteiger partial charge is 0.408 e. The molecule has 2 aromatic rings. The number of carbonyl (C=O) groups is 3. The molecule has 8 heteroatoms. The van der Waals surface area contributed by atoms with Crippen LogP contribution in [0.5, 0.6) is 5.75 Å². The van der Waals surface area contributed by atoms with Gasteiger partial charge in [-0.3, -0.25) is 4.79 Å². The molecule has 26 heavy (non-hydrogen) atoms. The van der Waals surface area contributed by atoms with Gasteiger partial charge in [-0.1, -0.05) is 0 Å². The molecule has 0 fully saturated rings. The van der Waals surface area contributed by atoms with Gasteiger partial charge in [0.15, 0.2) is 0 Å². The van der Waals surface area contributed by atoms with E-state index in [1.807, 2.05) is 0 Å². The van der Waals surface area contributed by atoms with Crippen LogP contribution in [0.25, 0.3) is 10.9 Å². The van der Waals surface area contributed by atoms with Gasteiger partial charge in [0, 0.05) is 36.5 Å². The molecule has 0 bridgehead atoms. The van der Waals surface area contributed by atoms with Gasteiger partial charge in [-0.2, -0.15) is 0 Å². The minimum atomic E-state index is -1.17. The Kier molecular flexibility index (Phi) is 5.54. The molecule has 2 rings (SSSR count). The third-order valence-corrected chi connectivity index (χ3v) is 3.41. The molecule has 3 N–H and O–H groups in total. The molecule has 0 spiro atoms. The van der Waals surface area contributed by atoms with E-state index < -0.39 is 29.7 Å². The quantitative estimate of drug-likeness (QED) is 0.556. The normalized spacial score (nSPS) is 12.5. The molecule has 140 valence electrons. The van der Waals surface area contributed by atoms with Gasteiger partial charge < -0.3 is 24.9 Å². The zero-order valence-electron chi connectivity index (χ0n) is 15.1. The molecule has 1 aromatic carbocycles. The van der Waals surface area contributed by atoms with Crippen LogP contribution in [-0.4, -0.2) is 39.8 Å². The Balaban J connectivity index is 2.17. The van der Waals surface area contributed by atoms with E-state index in [9.17, 15) is 19.5 Å². The highest BCUT2D eigenvalue weighted by Crippen LogP contribution is 2.24. The lowest BCUT2D eigenvalue weighted by molar-refractivity contribution is -0.139. The van der Waals surface area contributed by atoms with Crippen molar-refractivity contribution in [2.24, 2.45) is 0 Å². The Morgan fingerprint density at radius 2 is 1.96 bits per heavy atom. The number of esters is 1. The van der Waals surface area contributed by atoms with Crippen LogP contribution in [0, 0.1) is 0 Å². The van der Waals surface area contributed by atoms with Gasteiger partial charge in [0.1, 0.15) is 17.4 Å². The molecule has 0 unspecified atom stereocenters. The molecule has 1 atom stereocenters. The summed E-state index contributed by atoms with van der Waals surface area (Å²) in [6.45, 7) is 6.40. The predicted octanol–water partition coefficient (Wildman–Crippen LogP) is 2.61. The maximum atomic E-state index is 11.9. The van der Waals surface area contributed by atoms with Crippen molar-refractivity contribution < 1.29 is 29.0 Å². The highest BCUT2D eigenvalue weighted by molar-refractivity contribution is 5.87. The number of benzene rings is 1. The summed E-state index contributed by atoms with van der Waals surface area (Å²) in [6.07, 6.45) is 0.943. The first-order chi connectivity index (χ1) is 12.0. The first kappa shape index (κ1) is 19.3. The maximum Gasteiger partial charge on any atom is 0.408 e. The molecule has 1 amide bonds. The molecule has 8 nitrogen and oxygen atoms in total. The standard InChI is InChI=1S/C18H22N2O6/c1-10(21)25-12-5-6-13-11(9-19-14(13)8-12)7-15(16(22)23)20-17(24)26-18(2,3)4/h5-6,8-9,15,19H,7H2,1-4H3,(H,20,24)(H,22,23)/t15-/m0/s1. The van der Waals surface area contributed by atoms with E-state index in [0.29, 0.717) is 16.8 Å². The van der Waals surface area contributed by atoms with E-state index >= 15 is 0 Å². The fourth-order valence-corrected chi connectivity index (χ4v) is 2.43. The SMILES string of the molecule is CC(=O)Oc1ccc2c(C[C@H](NC(=O)OC(C)(C)C)C(=O)O)c[nH]c2c1. The molecular formula is C18H22N2O6. The van der Waals surface area contributed by atoms with Gasteiger partial charge in [-0.05, 0) is 38.5 Å². The Hall–Kier alpha value is -3.03. The number of aromatic nitrogens is 1. The zero-order valence-corrected chi connectivity index (χ0v) is 15.1. The molecule has 0 saturated heterocycles. The van der Waals surface area contributed by atoms with Crippen LogP contribution >= 0.6 is 0 Å². The third-order valence-electron chi connectivity index (χ3n) is 3.41. The van der Waals surface area contributed by atoms with Crippen molar-refractivity contribution in [2.45, 2.75) is 45.8 Å². The topological polar surface area (TPSA) is 118 Å². The number of carboxylic acids is 1. The first-order valence-corrected chi connectivity index (χ1v) is 8.06. The number of carboxylic acid groups (broad SMARTS) is 1. The summed E-state index contributed by atoms with van der Waals surface area (Å²) in [4.78, 5) is 37.4. The number of alkyl carbamates (subject to hydrolysis) is 1. The number of ether oxygens (including phenoxy) is 2. The number of H-pyrrole nitrogens is 1. The van der Waals surface area contributed by atoms with Gasteiger partial charge in [0.05, 0.1) is 0 Å². The van der Waals surface area contributed by atoms with Crippen molar-refractivity contribution in [3.63, 3.8) is 0 Å². The van der Waals surface area contributed by atoms with E-state index in [4.69, 9.17) is 9.47 Å². The first-order valence-electron chi connectivity index (χ1n) is 8.06. The van der Waals surface area contributed by atoms with Crippen molar-refractivity contribution in [1.29, 1.82) is 0 Å². The molecule has 0 radical (unpaired) electrons. The maximum absolute atomic E-state index is 11.9. The van der Waals surface area contributed by atoms with Gasteiger partial charge in [-0.25, -0.2) is 9.59 Å². The second-order valence-corrected chi connectivity index (χ2v) is 6.86. The molecule has 0 saturated carbocycles. The van der Waals surface area contributed by atoms with Crippen molar-refractivity contribution in [2.75, 3.05) is 0 Å². The molecule has 0 aliphatic rings. The van der Waals surface area contributed by atoms with E-state index in [-0.39, 0.29) is 6.42 Å². The van der Waals surface area contributed by atoms with Gasteiger partial charge in [0.2, 0.25) is 0 Å². The highest BCUT2D eigenvalue weighted by atomic mass is 16.6. The molecule has 1 aromatic heterocycles. The summed E-state index contributed by atoms with van der Waals surface area (Å²) >= 11 is 0. The fraction of sp³-hybridized carbons (Fsp3) is 0.389. The van der Waals surface area contributed by atoms with Gasteiger partial charge >= 0.3 is 18.0 Å². The summed E-state index contributed by atoms with van der Waals surface area (Å²) in [5.41, 5.74) is 0.680. The van der Waals surface area contributed by atoms with E-state index in [0.717, 1.165) is 5.39 Å². The summed E-state index contributed by atoms with van der Waals surface area (Å²) in [5.74, 6) is -1.20. The number of aromatic amines is 1. The van der Waals surface area contributed by atoms with Crippen LogP contribution in [0.1, 0.15) is 33.3 Å². The Bertz CT molecular complexity index is 834. The number of carbonyl (C=O) groups excluding carboxylic acids is 2. The molecule has 1 heterocycles. The van der Waals surface area contributed by atoms with Crippen molar-refractivity contribution in [3.8, 4) is 5.75 Å². The van der Waals surface area contributed by atoms with Crippen LogP contribution < -0.4 is 10.1 Å². The van der Waals surface area contributed by atoms with Gasteiger partial charge in [-0.15, -0.1) is 0 Å². The van der Waals surface area contributed by atoms with Crippen molar-refractivity contribution in [1.82, 2.24) is 10.3 Å². The lowest BCUT2D eigenvalue weighted by atomic mass is 10.0. The summed E-state index contributed by atoms with van der Waals surface area (Å²) < 4.78 is 10.1. The number of hydrogen-bond donors (Lipinski definition) is 3. The van der Waals surface area contributed by atoms with Crippen molar-refractivity contribution >= 4 is 28.9 Å². The largest absolute Gasteiger partial charge is 0.480 e. The number of fused-ring (bicyclic) bond motifs is 1. The third kappa shape index (κ3) is 5.23. The minimum absolute atomic E-state index is 0.0709. The van der Waals surface area contributed by atoms with Crippen LogP contribution in [0.2, 0.25) is 0 Å². The Morgan fingerprint density at radius 1 is 1.27 bits per heavy atom. The highest BCUT2D eigenvalue weighted by Gasteiger charge is 2.25. The monoisotopic (exact) mass is 362 g/mol. The number of hydrogen-bond acceptors (Lipinski definition) is 5. The van der Waals surface area contributed by atoms with E-state index in [1.165, 1.54) is 6.92 Å². The number of nitrogens with one attached hydrogen (secondary N) is 2. The van der Waals surface area contributed by atoms with Crippen LogP contribution in [0.15, 0.2) is 24.4 Å². The van der Waals surface area contributed by atoms with E-state index in [1.54, 1.807) is 45.2 Å². The second-order valence-electron chi connectivity index (χ2n) is 6.86.